The molecule has 0 radical (unpaired) electrons. The summed E-state index contributed by atoms with van der Waals surface area (Å²) in [6, 6.07) is 3.90. The molecule has 0 bridgehead atoms. The predicted molar refractivity (Wildman–Crippen MR) is 86.4 cm³/mol. The number of esters is 1. The monoisotopic (exact) mass is 296 g/mol. The molecule has 3 heteroatoms. The molecule has 1 aliphatic heterocycles. The summed E-state index contributed by atoms with van der Waals surface area (Å²) in [5.74, 6) is 0.974. The average Bonchev–Trinajstić information content (AvgIpc) is 2.54. The topological polar surface area (TPSA) is 35.5 Å². The normalized spacial score (nSPS) is 22.6. The SMILES string of the molecule is C=CC(C)(C)c1cc2c(cc1OC)C1C=CC=CC1C(=O)O2. The lowest BCUT2D eigenvalue weighted by Crippen LogP contribution is -2.31. The molecule has 0 fully saturated rings. The highest BCUT2D eigenvalue weighted by atomic mass is 16.5. The molecule has 1 aromatic carbocycles. The molecule has 0 N–H and O–H groups in total. The van der Waals surface area contributed by atoms with Crippen LogP contribution >= 0.6 is 0 Å². The summed E-state index contributed by atoms with van der Waals surface area (Å²) < 4.78 is 11.1. The van der Waals surface area contributed by atoms with Gasteiger partial charge in [0.15, 0.2) is 0 Å². The zero-order valence-electron chi connectivity index (χ0n) is 13.1. The first kappa shape index (κ1) is 14.6. The lowest BCUT2D eigenvalue weighted by molar-refractivity contribution is -0.138. The first-order valence-corrected chi connectivity index (χ1v) is 7.40. The number of hydrogen-bond acceptors (Lipinski definition) is 3. The maximum Gasteiger partial charge on any atom is 0.319 e. The van der Waals surface area contributed by atoms with E-state index in [-0.39, 0.29) is 23.2 Å². The lowest BCUT2D eigenvalue weighted by Gasteiger charge is -2.32. The Morgan fingerprint density at radius 1 is 1.23 bits per heavy atom. The van der Waals surface area contributed by atoms with Crippen LogP contribution in [0, 0.1) is 5.92 Å². The van der Waals surface area contributed by atoms with E-state index in [1.165, 1.54) is 0 Å². The third-order valence-corrected chi connectivity index (χ3v) is 4.51. The average molecular weight is 296 g/mol. The van der Waals surface area contributed by atoms with E-state index in [2.05, 4.69) is 20.4 Å². The maximum absolute atomic E-state index is 12.2. The van der Waals surface area contributed by atoms with Crippen molar-refractivity contribution in [1.29, 1.82) is 0 Å². The van der Waals surface area contributed by atoms with E-state index in [4.69, 9.17) is 9.47 Å². The van der Waals surface area contributed by atoms with E-state index in [1.54, 1.807) is 7.11 Å². The van der Waals surface area contributed by atoms with E-state index in [0.717, 1.165) is 16.9 Å². The van der Waals surface area contributed by atoms with Crippen molar-refractivity contribution >= 4 is 5.97 Å². The number of carbonyl (C=O) groups is 1. The van der Waals surface area contributed by atoms with Gasteiger partial charge in [0.25, 0.3) is 0 Å². The number of hydrogen-bond donors (Lipinski definition) is 0. The van der Waals surface area contributed by atoms with E-state index in [9.17, 15) is 4.79 Å². The van der Waals surface area contributed by atoms with Crippen LogP contribution in [0.15, 0.2) is 49.1 Å². The van der Waals surface area contributed by atoms with Crippen LogP contribution < -0.4 is 9.47 Å². The summed E-state index contributed by atoms with van der Waals surface area (Å²) in [5, 5.41) is 0. The molecule has 0 saturated carbocycles. The standard InChI is InChI=1S/C19H20O3/c1-5-19(2,3)15-11-16-14(10-17(15)21-4)12-8-6-7-9-13(12)18(20)22-16/h5-13H,1H2,2-4H3. The zero-order chi connectivity index (χ0) is 15.9. The third-order valence-electron chi connectivity index (χ3n) is 4.51. The van der Waals surface area contributed by atoms with E-state index in [1.807, 2.05) is 42.5 Å². The number of allylic oxidation sites excluding steroid dienone is 4. The number of rotatable bonds is 3. The summed E-state index contributed by atoms with van der Waals surface area (Å²) in [6.45, 7) is 8.01. The van der Waals surface area contributed by atoms with E-state index in [0.29, 0.717) is 5.75 Å². The highest BCUT2D eigenvalue weighted by Crippen LogP contribution is 2.46. The van der Waals surface area contributed by atoms with Crippen LogP contribution in [0.25, 0.3) is 0 Å². The van der Waals surface area contributed by atoms with Crippen molar-refractivity contribution in [2.24, 2.45) is 5.92 Å². The van der Waals surface area contributed by atoms with Gasteiger partial charge in [-0.25, -0.2) is 0 Å². The molecule has 2 aliphatic rings. The number of carbonyl (C=O) groups excluding carboxylic acids is 1. The second-order valence-corrected chi connectivity index (χ2v) is 6.26. The summed E-state index contributed by atoms with van der Waals surface area (Å²) in [6.07, 6.45) is 9.66. The molecule has 1 aliphatic carbocycles. The van der Waals surface area contributed by atoms with Crippen LogP contribution in [0.1, 0.15) is 30.9 Å². The Labute approximate surface area is 130 Å². The fourth-order valence-electron chi connectivity index (χ4n) is 3.01. The molecular weight excluding hydrogens is 276 g/mol. The molecule has 22 heavy (non-hydrogen) atoms. The van der Waals surface area contributed by atoms with Crippen LogP contribution in [0.4, 0.5) is 0 Å². The quantitative estimate of drug-likeness (QED) is 0.482. The van der Waals surface area contributed by atoms with E-state index < -0.39 is 0 Å². The van der Waals surface area contributed by atoms with Crippen molar-refractivity contribution in [3.63, 3.8) is 0 Å². The molecule has 1 aromatic rings. The van der Waals surface area contributed by atoms with Crippen molar-refractivity contribution < 1.29 is 14.3 Å². The van der Waals surface area contributed by atoms with Gasteiger partial charge in [0, 0.05) is 22.5 Å². The fraction of sp³-hybridized carbons (Fsp3) is 0.316. The summed E-state index contributed by atoms with van der Waals surface area (Å²) >= 11 is 0. The van der Waals surface area contributed by atoms with Crippen molar-refractivity contribution in [2.45, 2.75) is 25.2 Å². The second-order valence-electron chi connectivity index (χ2n) is 6.26. The Morgan fingerprint density at radius 2 is 1.91 bits per heavy atom. The molecule has 3 nitrogen and oxygen atoms in total. The Bertz CT molecular complexity index is 695. The molecular formula is C19H20O3. The summed E-state index contributed by atoms with van der Waals surface area (Å²) in [5.41, 5.74) is 1.68. The van der Waals surface area contributed by atoms with Crippen LogP contribution in [0.3, 0.4) is 0 Å². The number of methoxy groups -OCH3 is 1. The minimum Gasteiger partial charge on any atom is -0.496 e. The van der Waals surface area contributed by atoms with Gasteiger partial charge in [0.1, 0.15) is 11.5 Å². The molecule has 0 spiro atoms. The Balaban J connectivity index is 2.17. The highest BCUT2D eigenvalue weighted by Gasteiger charge is 2.37. The lowest BCUT2D eigenvalue weighted by atomic mass is 9.78. The van der Waals surface area contributed by atoms with Crippen molar-refractivity contribution in [2.75, 3.05) is 7.11 Å². The smallest absolute Gasteiger partial charge is 0.319 e. The van der Waals surface area contributed by atoms with Gasteiger partial charge < -0.3 is 9.47 Å². The van der Waals surface area contributed by atoms with Crippen molar-refractivity contribution in [3.05, 3.63) is 60.2 Å². The minimum atomic E-state index is -0.272. The highest BCUT2D eigenvalue weighted by molar-refractivity contribution is 5.82. The van der Waals surface area contributed by atoms with E-state index >= 15 is 0 Å². The van der Waals surface area contributed by atoms with Gasteiger partial charge >= 0.3 is 5.97 Å². The predicted octanol–water partition coefficient (Wildman–Crippen LogP) is 3.90. The largest absolute Gasteiger partial charge is 0.496 e. The second kappa shape index (κ2) is 5.16. The molecule has 0 saturated heterocycles. The summed E-state index contributed by atoms with van der Waals surface area (Å²) in [7, 11) is 1.66. The zero-order valence-corrected chi connectivity index (χ0v) is 13.1. The third kappa shape index (κ3) is 2.17. The van der Waals surface area contributed by atoms with Gasteiger partial charge in [-0.05, 0) is 12.1 Å². The Morgan fingerprint density at radius 3 is 2.55 bits per heavy atom. The van der Waals surface area contributed by atoms with Gasteiger partial charge in [-0.1, -0.05) is 44.2 Å². The summed E-state index contributed by atoms with van der Waals surface area (Å²) in [4.78, 5) is 12.2. The van der Waals surface area contributed by atoms with Crippen molar-refractivity contribution in [3.8, 4) is 11.5 Å². The molecule has 114 valence electrons. The minimum absolute atomic E-state index is 0.0102. The van der Waals surface area contributed by atoms with Gasteiger partial charge in [-0.2, -0.15) is 0 Å². The van der Waals surface area contributed by atoms with Gasteiger partial charge in [-0.15, -0.1) is 6.58 Å². The van der Waals surface area contributed by atoms with Crippen LogP contribution in [-0.2, 0) is 10.2 Å². The molecule has 2 atom stereocenters. The fourth-order valence-corrected chi connectivity index (χ4v) is 3.01. The van der Waals surface area contributed by atoms with Crippen LogP contribution in [0.5, 0.6) is 11.5 Å². The van der Waals surface area contributed by atoms with Crippen LogP contribution in [-0.4, -0.2) is 13.1 Å². The molecule has 2 unspecified atom stereocenters. The first-order valence-electron chi connectivity index (χ1n) is 7.40. The number of fused-ring (bicyclic) bond motifs is 3. The molecule has 0 amide bonds. The maximum atomic E-state index is 12.2. The van der Waals surface area contributed by atoms with Gasteiger partial charge in [0.05, 0.1) is 13.0 Å². The van der Waals surface area contributed by atoms with Crippen LogP contribution in [0.2, 0.25) is 0 Å². The van der Waals surface area contributed by atoms with Gasteiger partial charge in [-0.3, -0.25) is 4.79 Å². The Kier molecular flexibility index (Phi) is 3.44. The molecule has 1 heterocycles. The van der Waals surface area contributed by atoms with Crippen molar-refractivity contribution in [1.82, 2.24) is 0 Å². The number of benzene rings is 1. The van der Waals surface area contributed by atoms with Gasteiger partial charge in [0.2, 0.25) is 0 Å². The molecule has 0 aromatic heterocycles. The Hall–Kier alpha value is -2.29. The number of ether oxygens (including phenoxy) is 2. The first-order chi connectivity index (χ1) is 10.5. The molecule has 3 rings (SSSR count).